The fourth-order valence-electron chi connectivity index (χ4n) is 5.13. The zero-order chi connectivity index (χ0) is 27.3. The van der Waals surface area contributed by atoms with Crippen LogP contribution in [-0.2, 0) is 32.2 Å². The number of rotatable bonds is 10. The van der Waals surface area contributed by atoms with Gasteiger partial charge in [-0.3, -0.25) is 9.78 Å². The molecule has 0 saturated heterocycles. The third-order valence-electron chi connectivity index (χ3n) is 7.30. The molecule has 3 aromatic heterocycles. The van der Waals surface area contributed by atoms with Crippen molar-refractivity contribution in [2.75, 3.05) is 13.1 Å². The quantitative estimate of drug-likeness (QED) is 0.218. The third kappa shape index (κ3) is 5.94. The van der Waals surface area contributed by atoms with Crippen molar-refractivity contribution < 1.29 is 13.6 Å². The lowest BCUT2D eigenvalue weighted by atomic mass is 9.89. The van der Waals surface area contributed by atoms with Crippen LogP contribution >= 0.6 is 0 Å². The summed E-state index contributed by atoms with van der Waals surface area (Å²) in [5, 5.41) is 5.98. The molecule has 1 amide bonds. The number of oxazole rings is 1. The van der Waals surface area contributed by atoms with Crippen LogP contribution in [0.2, 0.25) is 0 Å². The van der Waals surface area contributed by atoms with Crippen LogP contribution in [0.5, 0.6) is 0 Å². The van der Waals surface area contributed by atoms with Gasteiger partial charge in [0.2, 0.25) is 0 Å². The fraction of sp³-hybridized carbons (Fsp3) is 0.290. The smallest absolute Gasteiger partial charge is 0.273 e. The minimum Gasteiger partial charge on any atom is -0.448 e. The van der Waals surface area contributed by atoms with E-state index < -0.39 is 11.7 Å². The molecule has 0 spiro atoms. The summed E-state index contributed by atoms with van der Waals surface area (Å²) in [6.07, 6.45) is 9.02. The van der Waals surface area contributed by atoms with Crippen molar-refractivity contribution in [2.24, 2.45) is 0 Å². The highest BCUT2D eigenvalue weighted by atomic mass is 19.1. The Morgan fingerprint density at radius 3 is 2.70 bits per heavy atom. The van der Waals surface area contributed by atoms with Gasteiger partial charge in [-0.05, 0) is 72.2 Å². The number of carbonyl (C=O) groups excluding carboxylic acids is 1. The molecule has 0 fully saturated rings. The zero-order valence-electron chi connectivity index (χ0n) is 22.2. The van der Waals surface area contributed by atoms with Crippen LogP contribution in [0.15, 0.2) is 65.4 Å². The second kappa shape index (κ2) is 11.8. The maximum absolute atomic E-state index is 13.7. The molecule has 2 aromatic carbocycles. The van der Waals surface area contributed by atoms with E-state index >= 15 is 0 Å². The number of nitrogens with zero attached hydrogens (tertiary/aromatic N) is 3. The highest BCUT2D eigenvalue weighted by Crippen LogP contribution is 2.29. The minimum atomic E-state index is -0.466. The first-order chi connectivity index (χ1) is 19.6. The number of amides is 1. The molecule has 0 atom stereocenters. The molecule has 0 radical (unpaired) electrons. The lowest BCUT2D eigenvalue weighted by molar-refractivity contribution is 0.0945. The zero-order valence-corrected chi connectivity index (χ0v) is 22.2. The number of hydrogen-bond donors (Lipinski definition) is 3. The molecule has 6 rings (SSSR count). The van der Waals surface area contributed by atoms with Crippen molar-refractivity contribution in [3.63, 3.8) is 0 Å². The van der Waals surface area contributed by atoms with Gasteiger partial charge >= 0.3 is 0 Å². The van der Waals surface area contributed by atoms with E-state index in [-0.39, 0.29) is 17.9 Å². The van der Waals surface area contributed by atoms with E-state index in [2.05, 4.69) is 62.0 Å². The Hall–Kier alpha value is -4.37. The molecule has 9 heteroatoms. The van der Waals surface area contributed by atoms with E-state index in [0.29, 0.717) is 18.9 Å². The Kier molecular flexibility index (Phi) is 7.63. The standard InChI is InChI=1S/C31H31FN6O2/c32-24-6-3-13-34-27(24)18-35-31(39)28-19-40-30(38-28)12-15-33-14-11-29-36-25-10-9-23(17-26(25)37-29)22-8-7-20-4-1-2-5-21(20)16-22/h3,6-10,13,16-17,19,33H,1-2,4-5,11-12,14-15,18H2,(H,35,39)(H,36,37). The van der Waals surface area contributed by atoms with Crippen LogP contribution in [0.1, 0.15) is 51.9 Å². The molecule has 5 aromatic rings. The largest absolute Gasteiger partial charge is 0.448 e. The van der Waals surface area contributed by atoms with Gasteiger partial charge in [0.05, 0.1) is 23.3 Å². The number of nitrogens with one attached hydrogen (secondary N) is 3. The van der Waals surface area contributed by atoms with E-state index in [9.17, 15) is 9.18 Å². The van der Waals surface area contributed by atoms with Crippen LogP contribution in [0.4, 0.5) is 4.39 Å². The molecule has 1 aliphatic carbocycles. The maximum Gasteiger partial charge on any atom is 0.273 e. The van der Waals surface area contributed by atoms with E-state index in [1.165, 1.54) is 72.5 Å². The number of pyridine rings is 1. The summed E-state index contributed by atoms with van der Waals surface area (Å²) >= 11 is 0. The molecular weight excluding hydrogens is 507 g/mol. The molecule has 3 N–H and O–H groups in total. The molecule has 0 unspecified atom stereocenters. The lowest BCUT2D eigenvalue weighted by Gasteiger charge is -2.16. The maximum atomic E-state index is 13.7. The van der Waals surface area contributed by atoms with E-state index in [1.807, 2.05) is 0 Å². The van der Waals surface area contributed by atoms with Gasteiger partial charge in [0.15, 0.2) is 11.6 Å². The van der Waals surface area contributed by atoms with Crippen LogP contribution in [0.25, 0.3) is 22.2 Å². The minimum absolute atomic E-state index is 0.0214. The number of carbonyl (C=O) groups is 1. The monoisotopic (exact) mass is 538 g/mol. The van der Waals surface area contributed by atoms with E-state index in [0.717, 1.165) is 29.8 Å². The highest BCUT2D eigenvalue weighted by Gasteiger charge is 2.14. The molecule has 0 saturated carbocycles. The summed E-state index contributed by atoms with van der Waals surface area (Å²) in [5.74, 6) is 0.490. The first-order valence-corrected chi connectivity index (χ1v) is 13.8. The van der Waals surface area contributed by atoms with Gasteiger partial charge in [0.25, 0.3) is 5.91 Å². The van der Waals surface area contributed by atoms with Crippen molar-refractivity contribution in [3.8, 4) is 11.1 Å². The summed E-state index contributed by atoms with van der Waals surface area (Å²) in [7, 11) is 0. The van der Waals surface area contributed by atoms with Crippen molar-refractivity contribution >= 4 is 16.9 Å². The Morgan fingerprint density at radius 1 is 0.975 bits per heavy atom. The first kappa shape index (κ1) is 25.9. The van der Waals surface area contributed by atoms with Gasteiger partial charge < -0.3 is 20.0 Å². The van der Waals surface area contributed by atoms with Gasteiger partial charge in [-0.1, -0.05) is 24.3 Å². The number of H-pyrrole nitrogens is 1. The van der Waals surface area contributed by atoms with Crippen molar-refractivity contribution in [2.45, 2.75) is 45.1 Å². The van der Waals surface area contributed by atoms with Crippen LogP contribution < -0.4 is 10.6 Å². The number of hydrogen-bond acceptors (Lipinski definition) is 6. The molecular formula is C31H31FN6O2. The number of imidazole rings is 1. The summed E-state index contributed by atoms with van der Waals surface area (Å²) in [5.41, 5.74) is 7.76. The summed E-state index contributed by atoms with van der Waals surface area (Å²) < 4.78 is 19.1. The average Bonchev–Trinajstić information content (AvgIpc) is 3.63. The number of halogens is 1. The Bertz CT molecular complexity index is 1640. The molecule has 40 heavy (non-hydrogen) atoms. The van der Waals surface area contributed by atoms with Gasteiger partial charge in [-0.15, -0.1) is 0 Å². The number of aryl methyl sites for hydroxylation is 2. The second-order valence-electron chi connectivity index (χ2n) is 10.1. The predicted molar refractivity (Wildman–Crippen MR) is 150 cm³/mol. The Labute approximate surface area is 231 Å². The van der Waals surface area contributed by atoms with Gasteiger partial charge in [0, 0.05) is 32.1 Å². The summed E-state index contributed by atoms with van der Waals surface area (Å²) in [6.45, 7) is 1.36. The molecule has 0 bridgehead atoms. The molecule has 8 nitrogen and oxygen atoms in total. The van der Waals surface area contributed by atoms with Gasteiger partial charge in [-0.2, -0.15) is 0 Å². The van der Waals surface area contributed by atoms with Crippen LogP contribution in [-0.4, -0.2) is 38.9 Å². The number of aromatic nitrogens is 4. The number of aromatic amines is 1. The highest BCUT2D eigenvalue weighted by molar-refractivity contribution is 5.91. The number of fused-ring (bicyclic) bond motifs is 2. The lowest BCUT2D eigenvalue weighted by Crippen LogP contribution is -2.24. The van der Waals surface area contributed by atoms with E-state index in [1.54, 1.807) is 0 Å². The molecule has 1 aliphatic rings. The van der Waals surface area contributed by atoms with E-state index in [4.69, 9.17) is 9.40 Å². The number of benzene rings is 2. The van der Waals surface area contributed by atoms with Crippen molar-refractivity contribution in [1.82, 2.24) is 30.6 Å². The SMILES string of the molecule is O=C(NCc1ncccc1F)c1coc(CCNCCc2nc3cc(-c4ccc5c(c4)CCCC5)ccc3[nH]2)n1. The molecule has 3 heterocycles. The first-order valence-electron chi connectivity index (χ1n) is 13.8. The average molecular weight is 539 g/mol. The van der Waals surface area contributed by atoms with Crippen LogP contribution in [0, 0.1) is 5.82 Å². The Morgan fingerprint density at radius 2 is 1.80 bits per heavy atom. The molecule has 204 valence electrons. The second-order valence-corrected chi connectivity index (χ2v) is 10.1. The van der Waals surface area contributed by atoms with Gasteiger partial charge in [-0.25, -0.2) is 14.4 Å². The predicted octanol–water partition coefficient (Wildman–Crippen LogP) is 4.94. The summed E-state index contributed by atoms with van der Waals surface area (Å²) in [4.78, 5) is 28.7. The van der Waals surface area contributed by atoms with Crippen molar-refractivity contribution in [1.29, 1.82) is 0 Å². The molecule has 0 aliphatic heterocycles. The third-order valence-corrected chi connectivity index (χ3v) is 7.30. The van der Waals surface area contributed by atoms with Gasteiger partial charge in [0.1, 0.15) is 17.9 Å². The van der Waals surface area contributed by atoms with Crippen molar-refractivity contribution in [3.05, 3.63) is 101 Å². The normalized spacial score (nSPS) is 12.9. The van der Waals surface area contributed by atoms with Crippen LogP contribution in [0.3, 0.4) is 0 Å². The fourth-order valence-corrected chi connectivity index (χ4v) is 5.13. The topological polar surface area (TPSA) is 109 Å². The summed E-state index contributed by atoms with van der Waals surface area (Å²) in [6, 6.07) is 16.1. The Balaban J connectivity index is 0.969.